The quantitative estimate of drug-likeness (QED) is 0.736. The van der Waals surface area contributed by atoms with Gasteiger partial charge in [-0.15, -0.1) is 0 Å². The first kappa shape index (κ1) is 15.5. The number of hydrogen-bond acceptors (Lipinski definition) is 3. The fourth-order valence-corrected chi connectivity index (χ4v) is 2.36. The zero-order valence-corrected chi connectivity index (χ0v) is 12.5. The van der Waals surface area contributed by atoms with Crippen LogP contribution in [-0.4, -0.2) is 5.76 Å². The summed E-state index contributed by atoms with van der Waals surface area (Å²) < 4.78 is 29.6. The number of alkyl halides is 2. The molecule has 0 aliphatic rings. The van der Waals surface area contributed by atoms with E-state index in [0.29, 0.717) is 45.6 Å². The molecule has 2 aromatic rings. The number of anilines is 1. The Morgan fingerprint density at radius 1 is 1.15 bits per heavy atom. The maximum absolute atomic E-state index is 12.1. The smallest absolute Gasteiger partial charge is 0.284 e. The molecule has 0 saturated heterocycles. The fourth-order valence-electron chi connectivity index (χ4n) is 1.56. The van der Waals surface area contributed by atoms with Crippen molar-refractivity contribution in [1.82, 2.24) is 0 Å². The minimum atomic E-state index is -2.40. The van der Waals surface area contributed by atoms with Gasteiger partial charge in [-0.1, -0.05) is 35.0 Å². The normalized spacial score (nSPS) is 11.1. The lowest BCUT2D eigenvalue weighted by atomic mass is 10.3. The molecule has 1 aromatic heterocycles. The summed E-state index contributed by atoms with van der Waals surface area (Å²) in [6, 6.07) is 8.53. The van der Waals surface area contributed by atoms with Crippen LogP contribution in [0.3, 0.4) is 0 Å². The van der Waals surface area contributed by atoms with Gasteiger partial charge in [-0.25, -0.2) is 0 Å². The standard InChI is InChI=1S/C13H11Cl2F2NOS/c14-8-1-4-11(15)12(5-8)18-6-9-2-3-10(19-9)7-20-13(16)17/h1-5,13,18H,6-7H2. The summed E-state index contributed by atoms with van der Waals surface area (Å²) in [7, 11) is 0. The highest BCUT2D eigenvalue weighted by Crippen LogP contribution is 2.26. The summed E-state index contributed by atoms with van der Waals surface area (Å²) >= 11 is 12.4. The maximum Gasteiger partial charge on any atom is 0.284 e. The van der Waals surface area contributed by atoms with E-state index >= 15 is 0 Å². The van der Waals surface area contributed by atoms with Crippen LogP contribution >= 0.6 is 35.0 Å². The van der Waals surface area contributed by atoms with Crippen molar-refractivity contribution >= 4 is 40.7 Å². The Labute approximate surface area is 129 Å². The second-order valence-corrected chi connectivity index (χ2v) is 5.74. The molecule has 0 bridgehead atoms. The van der Waals surface area contributed by atoms with Crippen LogP contribution in [0.1, 0.15) is 11.5 Å². The Hall–Kier alpha value is -0.910. The zero-order valence-electron chi connectivity index (χ0n) is 10.2. The first-order valence-corrected chi connectivity index (χ1v) is 7.51. The van der Waals surface area contributed by atoms with Gasteiger partial charge in [0.2, 0.25) is 0 Å². The lowest BCUT2D eigenvalue weighted by molar-refractivity contribution is 0.251. The van der Waals surface area contributed by atoms with Crippen molar-refractivity contribution in [3.63, 3.8) is 0 Å². The van der Waals surface area contributed by atoms with Crippen LogP contribution in [0, 0.1) is 0 Å². The Bertz CT molecular complexity index is 577. The number of benzene rings is 1. The molecule has 2 rings (SSSR count). The summed E-state index contributed by atoms with van der Waals surface area (Å²) in [5.74, 6) is -1.09. The Morgan fingerprint density at radius 2 is 1.90 bits per heavy atom. The predicted octanol–water partition coefficient (Wildman–Crippen LogP) is 5.65. The fraction of sp³-hybridized carbons (Fsp3) is 0.231. The SMILES string of the molecule is FC(F)SCc1ccc(CNc2cc(Cl)ccc2Cl)o1. The first-order valence-electron chi connectivity index (χ1n) is 5.71. The molecule has 0 spiro atoms. The molecule has 0 saturated carbocycles. The molecular weight excluding hydrogens is 327 g/mol. The van der Waals surface area contributed by atoms with E-state index in [1.54, 1.807) is 30.3 Å². The lowest BCUT2D eigenvalue weighted by Crippen LogP contribution is -1.98. The molecule has 1 heterocycles. The number of hydrogen-bond donors (Lipinski definition) is 1. The van der Waals surface area contributed by atoms with Crippen LogP contribution < -0.4 is 5.32 Å². The number of furan rings is 1. The molecule has 0 unspecified atom stereocenters. The van der Waals surface area contributed by atoms with Gasteiger partial charge in [0.05, 0.1) is 23.0 Å². The van der Waals surface area contributed by atoms with Crippen LogP contribution in [-0.2, 0) is 12.3 Å². The van der Waals surface area contributed by atoms with E-state index in [4.69, 9.17) is 27.6 Å². The molecular formula is C13H11Cl2F2NOS. The third-order valence-corrected chi connectivity index (χ3v) is 3.72. The Morgan fingerprint density at radius 3 is 2.65 bits per heavy atom. The van der Waals surface area contributed by atoms with E-state index in [1.165, 1.54) is 0 Å². The number of rotatable bonds is 6. The van der Waals surface area contributed by atoms with Gasteiger partial charge in [-0.3, -0.25) is 0 Å². The summed E-state index contributed by atoms with van der Waals surface area (Å²) in [6.45, 7) is 0.402. The summed E-state index contributed by atoms with van der Waals surface area (Å²) in [6.07, 6.45) is 0. The Kier molecular flexibility index (Phi) is 5.57. The van der Waals surface area contributed by atoms with E-state index in [-0.39, 0.29) is 5.75 Å². The largest absolute Gasteiger partial charge is 0.463 e. The van der Waals surface area contributed by atoms with Crippen molar-refractivity contribution in [1.29, 1.82) is 0 Å². The third-order valence-electron chi connectivity index (χ3n) is 2.45. The van der Waals surface area contributed by atoms with Crippen molar-refractivity contribution < 1.29 is 13.2 Å². The highest BCUT2D eigenvalue weighted by Gasteiger charge is 2.08. The molecule has 7 heteroatoms. The molecule has 1 N–H and O–H groups in total. The summed E-state index contributed by atoms with van der Waals surface area (Å²) in [4.78, 5) is 0. The van der Waals surface area contributed by atoms with Crippen LogP contribution in [0.4, 0.5) is 14.5 Å². The van der Waals surface area contributed by atoms with E-state index < -0.39 is 5.76 Å². The van der Waals surface area contributed by atoms with Crippen molar-refractivity contribution in [3.8, 4) is 0 Å². The Balaban J connectivity index is 1.92. The van der Waals surface area contributed by atoms with E-state index in [9.17, 15) is 8.78 Å². The minimum Gasteiger partial charge on any atom is -0.463 e. The van der Waals surface area contributed by atoms with Crippen molar-refractivity contribution in [2.45, 2.75) is 18.1 Å². The van der Waals surface area contributed by atoms with Gasteiger partial charge in [0.15, 0.2) is 0 Å². The van der Waals surface area contributed by atoms with E-state index in [2.05, 4.69) is 5.32 Å². The molecule has 0 radical (unpaired) electrons. The summed E-state index contributed by atoms with van der Waals surface area (Å²) in [5.41, 5.74) is 0.694. The average molecular weight is 338 g/mol. The highest BCUT2D eigenvalue weighted by atomic mass is 35.5. The van der Waals surface area contributed by atoms with Gasteiger partial charge in [0, 0.05) is 5.02 Å². The van der Waals surface area contributed by atoms with Gasteiger partial charge < -0.3 is 9.73 Å². The molecule has 0 amide bonds. The average Bonchev–Trinajstić information content (AvgIpc) is 2.85. The monoisotopic (exact) mass is 337 g/mol. The van der Waals surface area contributed by atoms with Crippen LogP contribution in [0.15, 0.2) is 34.7 Å². The molecule has 2 nitrogen and oxygen atoms in total. The van der Waals surface area contributed by atoms with Crippen LogP contribution in [0.5, 0.6) is 0 Å². The molecule has 0 aliphatic heterocycles. The van der Waals surface area contributed by atoms with Crippen molar-refractivity contribution in [2.24, 2.45) is 0 Å². The second-order valence-electron chi connectivity index (χ2n) is 3.92. The van der Waals surface area contributed by atoms with Crippen LogP contribution in [0.25, 0.3) is 0 Å². The van der Waals surface area contributed by atoms with Gasteiger partial charge in [0.25, 0.3) is 5.76 Å². The van der Waals surface area contributed by atoms with Crippen molar-refractivity contribution in [3.05, 3.63) is 51.9 Å². The highest BCUT2D eigenvalue weighted by molar-refractivity contribution is 7.98. The summed E-state index contributed by atoms with van der Waals surface area (Å²) in [5, 5.41) is 4.21. The van der Waals surface area contributed by atoms with E-state index in [1.807, 2.05) is 0 Å². The maximum atomic E-state index is 12.1. The number of thioether (sulfide) groups is 1. The van der Waals surface area contributed by atoms with Crippen LogP contribution in [0.2, 0.25) is 10.0 Å². The zero-order chi connectivity index (χ0) is 14.5. The number of nitrogens with one attached hydrogen (secondary N) is 1. The second kappa shape index (κ2) is 7.20. The molecule has 0 aliphatic carbocycles. The van der Waals surface area contributed by atoms with Gasteiger partial charge in [0.1, 0.15) is 11.5 Å². The lowest BCUT2D eigenvalue weighted by Gasteiger charge is -2.07. The van der Waals surface area contributed by atoms with Gasteiger partial charge in [-0.05, 0) is 30.3 Å². The van der Waals surface area contributed by atoms with Crippen molar-refractivity contribution in [2.75, 3.05) is 5.32 Å². The number of halogens is 4. The predicted molar refractivity (Wildman–Crippen MR) is 79.8 cm³/mol. The molecule has 108 valence electrons. The molecule has 1 aromatic carbocycles. The topological polar surface area (TPSA) is 25.2 Å². The molecule has 0 atom stereocenters. The molecule has 0 fully saturated rings. The first-order chi connectivity index (χ1) is 9.54. The molecule has 20 heavy (non-hydrogen) atoms. The third kappa shape index (κ3) is 4.58. The van der Waals surface area contributed by atoms with Gasteiger partial charge in [-0.2, -0.15) is 8.78 Å². The minimum absolute atomic E-state index is 0.148. The van der Waals surface area contributed by atoms with E-state index in [0.717, 1.165) is 0 Å². The van der Waals surface area contributed by atoms with Gasteiger partial charge >= 0.3 is 0 Å².